The van der Waals surface area contributed by atoms with Gasteiger partial charge in [0.15, 0.2) is 0 Å². The summed E-state index contributed by atoms with van der Waals surface area (Å²) in [7, 11) is -3.38. The van der Waals surface area contributed by atoms with Crippen LogP contribution >= 0.6 is 0 Å². The number of halogens is 3. The zero-order valence-corrected chi connectivity index (χ0v) is 12.1. The summed E-state index contributed by atoms with van der Waals surface area (Å²) >= 11 is 0. The number of alkyl halides is 3. The van der Waals surface area contributed by atoms with Gasteiger partial charge in [-0.3, -0.25) is 0 Å². The molecule has 0 radical (unpaired) electrons. The van der Waals surface area contributed by atoms with Crippen molar-refractivity contribution in [2.45, 2.75) is 24.9 Å². The molecule has 1 aromatic rings. The van der Waals surface area contributed by atoms with Gasteiger partial charge in [0.05, 0.1) is 11.9 Å². The number of piperidine rings is 1. The molecule has 6 nitrogen and oxygen atoms in total. The summed E-state index contributed by atoms with van der Waals surface area (Å²) in [6.45, 7) is 0.467. The lowest BCUT2D eigenvalue weighted by Crippen LogP contribution is -2.38. The Labute approximate surface area is 120 Å². The highest BCUT2D eigenvalue weighted by atomic mass is 32.2. The van der Waals surface area contributed by atoms with Crippen LogP contribution in [-0.4, -0.2) is 42.0 Å². The van der Waals surface area contributed by atoms with Crippen molar-refractivity contribution in [3.8, 4) is 0 Å². The quantitative estimate of drug-likeness (QED) is 0.883. The molecular formula is C11H15F3N4O2S. The van der Waals surface area contributed by atoms with E-state index in [1.165, 1.54) is 4.31 Å². The van der Waals surface area contributed by atoms with Crippen LogP contribution < -0.4 is 5.73 Å². The molecule has 1 fully saturated rings. The van der Waals surface area contributed by atoms with Gasteiger partial charge in [-0.25, -0.2) is 22.7 Å². The lowest BCUT2D eigenvalue weighted by atomic mass is 9.95. The summed E-state index contributed by atoms with van der Waals surface area (Å²) < 4.78 is 62.5. The molecule has 10 heteroatoms. The standard InChI is InChI=1S/C11H15F3N4O2S/c1-21(19,20)18-4-2-3-7(6-18)8-5-9(11(12,13)14)17-10(15)16-8/h5,7H,2-4,6H2,1H3,(H2,15,16,17). The minimum atomic E-state index is -4.61. The smallest absolute Gasteiger partial charge is 0.368 e. The van der Waals surface area contributed by atoms with Crippen molar-refractivity contribution in [1.82, 2.24) is 14.3 Å². The molecule has 1 aromatic heterocycles. The highest BCUT2D eigenvalue weighted by Crippen LogP contribution is 2.32. The highest BCUT2D eigenvalue weighted by molar-refractivity contribution is 7.88. The number of aromatic nitrogens is 2. The molecule has 0 aliphatic carbocycles. The van der Waals surface area contributed by atoms with E-state index in [2.05, 4.69) is 9.97 Å². The summed E-state index contributed by atoms with van der Waals surface area (Å²) in [5.41, 5.74) is 4.35. The molecule has 2 heterocycles. The Bertz CT molecular complexity index is 633. The lowest BCUT2D eigenvalue weighted by Gasteiger charge is -2.30. The molecule has 2 N–H and O–H groups in total. The van der Waals surface area contributed by atoms with Gasteiger partial charge < -0.3 is 5.73 Å². The fourth-order valence-corrected chi connectivity index (χ4v) is 3.24. The van der Waals surface area contributed by atoms with Crippen molar-refractivity contribution in [2.75, 3.05) is 25.1 Å². The largest absolute Gasteiger partial charge is 0.433 e. The van der Waals surface area contributed by atoms with Gasteiger partial charge in [0, 0.05) is 19.0 Å². The van der Waals surface area contributed by atoms with E-state index >= 15 is 0 Å². The average molecular weight is 324 g/mol. The molecule has 1 aliphatic rings. The average Bonchev–Trinajstić information content (AvgIpc) is 2.36. The van der Waals surface area contributed by atoms with E-state index < -0.39 is 33.8 Å². The molecule has 0 saturated carbocycles. The molecular weight excluding hydrogens is 309 g/mol. The first-order valence-electron chi connectivity index (χ1n) is 6.24. The third kappa shape index (κ3) is 3.82. The van der Waals surface area contributed by atoms with Crippen molar-refractivity contribution in [2.24, 2.45) is 0 Å². The SMILES string of the molecule is CS(=O)(=O)N1CCCC(c2cc(C(F)(F)F)nc(N)n2)C1. The Hall–Kier alpha value is -1.42. The molecule has 2 rings (SSSR count). The molecule has 118 valence electrons. The lowest BCUT2D eigenvalue weighted by molar-refractivity contribution is -0.141. The molecule has 0 aromatic carbocycles. The van der Waals surface area contributed by atoms with Gasteiger partial charge in [0.2, 0.25) is 16.0 Å². The number of rotatable bonds is 2. The number of nitrogens with zero attached hydrogens (tertiary/aromatic N) is 3. The molecule has 1 saturated heterocycles. The van der Waals surface area contributed by atoms with Gasteiger partial charge in [-0.15, -0.1) is 0 Å². The van der Waals surface area contributed by atoms with E-state index in [-0.39, 0.29) is 12.2 Å². The van der Waals surface area contributed by atoms with Crippen molar-refractivity contribution in [3.05, 3.63) is 17.5 Å². The number of nitrogens with two attached hydrogens (primary N) is 1. The Balaban J connectivity index is 2.31. The van der Waals surface area contributed by atoms with Gasteiger partial charge in [0.25, 0.3) is 0 Å². The monoisotopic (exact) mass is 324 g/mol. The number of hydrogen-bond acceptors (Lipinski definition) is 5. The van der Waals surface area contributed by atoms with Gasteiger partial charge in [-0.05, 0) is 18.9 Å². The first-order valence-corrected chi connectivity index (χ1v) is 8.09. The van der Waals surface area contributed by atoms with Crippen LogP contribution in [0.4, 0.5) is 19.1 Å². The molecule has 0 bridgehead atoms. The highest BCUT2D eigenvalue weighted by Gasteiger charge is 2.35. The second-order valence-corrected chi connectivity index (χ2v) is 6.98. The maximum atomic E-state index is 12.7. The van der Waals surface area contributed by atoms with Crippen LogP contribution in [0.15, 0.2) is 6.07 Å². The second-order valence-electron chi connectivity index (χ2n) is 4.99. The Morgan fingerprint density at radius 2 is 2.05 bits per heavy atom. The van der Waals surface area contributed by atoms with Crippen LogP contribution in [0, 0.1) is 0 Å². The number of nitrogen functional groups attached to an aromatic ring is 1. The zero-order valence-electron chi connectivity index (χ0n) is 11.3. The second kappa shape index (κ2) is 5.41. The molecule has 1 aliphatic heterocycles. The van der Waals surface area contributed by atoms with E-state index in [0.717, 1.165) is 12.3 Å². The van der Waals surface area contributed by atoms with Crippen LogP contribution in [0.2, 0.25) is 0 Å². The van der Waals surface area contributed by atoms with Gasteiger partial charge in [-0.2, -0.15) is 13.2 Å². The van der Waals surface area contributed by atoms with E-state index in [1.54, 1.807) is 0 Å². The molecule has 1 atom stereocenters. The minimum absolute atomic E-state index is 0.104. The molecule has 0 spiro atoms. The van der Waals surface area contributed by atoms with Crippen molar-refractivity contribution in [3.63, 3.8) is 0 Å². The van der Waals surface area contributed by atoms with E-state index in [0.29, 0.717) is 19.4 Å². The molecule has 0 amide bonds. The van der Waals surface area contributed by atoms with Crippen LogP contribution in [0.3, 0.4) is 0 Å². The van der Waals surface area contributed by atoms with Crippen LogP contribution in [0.5, 0.6) is 0 Å². The fraction of sp³-hybridized carbons (Fsp3) is 0.636. The first-order chi connectivity index (χ1) is 9.57. The first kappa shape index (κ1) is 16.0. The minimum Gasteiger partial charge on any atom is -0.368 e. The number of sulfonamides is 1. The maximum Gasteiger partial charge on any atom is 0.433 e. The molecule has 1 unspecified atom stereocenters. The summed E-state index contributed by atoms with van der Waals surface area (Å²) in [5, 5.41) is 0. The van der Waals surface area contributed by atoms with Gasteiger partial charge in [-0.1, -0.05) is 0 Å². The predicted molar refractivity (Wildman–Crippen MR) is 69.8 cm³/mol. The van der Waals surface area contributed by atoms with Crippen molar-refractivity contribution in [1.29, 1.82) is 0 Å². The number of anilines is 1. The Kier molecular flexibility index (Phi) is 4.11. The number of hydrogen-bond donors (Lipinski definition) is 1. The van der Waals surface area contributed by atoms with Gasteiger partial charge >= 0.3 is 6.18 Å². The van der Waals surface area contributed by atoms with E-state index in [1.807, 2.05) is 0 Å². The summed E-state index contributed by atoms with van der Waals surface area (Å²) in [4.78, 5) is 7.01. The Morgan fingerprint density at radius 3 is 2.62 bits per heavy atom. The third-order valence-electron chi connectivity index (χ3n) is 3.33. The van der Waals surface area contributed by atoms with E-state index in [4.69, 9.17) is 5.73 Å². The van der Waals surface area contributed by atoms with Crippen LogP contribution in [-0.2, 0) is 16.2 Å². The van der Waals surface area contributed by atoms with Crippen LogP contribution in [0.1, 0.15) is 30.1 Å². The summed E-state index contributed by atoms with van der Waals surface area (Å²) in [6.07, 6.45) is -2.43. The third-order valence-corrected chi connectivity index (χ3v) is 4.59. The zero-order chi connectivity index (χ0) is 15.8. The normalized spacial score (nSPS) is 21.4. The summed E-state index contributed by atoms with van der Waals surface area (Å²) in [6, 6.07) is 0.840. The summed E-state index contributed by atoms with van der Waals surface area (Å²) in [5.74, 6) is -0.879. The Morgan fingerprint density at radius 1 is 1.38 bits per heavy atom. The van der Waals surface area contributed by atoms with Gasteiger partial charge in [0.1, 0.15) is 5.69 Å². The maximum absolute atomic E-state index is 12.7. The molecule has 21 heavy (non-hydrogen) atoms. The van der Waals surface area contributed by atoms with Crippen molar-refractivity contribution < 1.29 is 21.6 Å². The van der Waals surface area contributed by atoms with E-state index in [9.17, 15) is 21.6 Å². The van der Waals surface area contributed by atoms with Crippen LogP contribution in [0.25, 0.3) is 0 Å². The fourth-order valence-electron chi connectivity index (χ4n) is 2.32. The predicted octanol–water partition coefficient (Wildman–Crippen LogP) is 1.22. The topological polar surface area (TPSA) is 89.2 Å². The van der Waals surface area contributed by atoms with Crippen molar-refractivity contribution >= 4 is 16.0 Å².